The zero-order chi connectivity index (χ0) is 18.2. The van der Waals surface area contributed by atoms with Crippen LogP contribution in [-0.2, 0) is 10.7 Å². The molecule has 1 unspecified atom stereocenters. The molecule has 1 atom stereocenters. The third kappa shape index (κ3) is 3.52. The third-order valence-electron chi connectivity index (χ3n) is 3.03. The van der Waals surface area contributed by atoms with Crippen LogP contribution in [0.2, 0.25) is 0 Å². The van der Waals surface area contributed by atoms with Gasteiger partial charge in [-0.1, -0.05) is 0 Å². The second-order valence-corrected chi connectivity index (χ2v) is 4.91. The van der Waals surface area contributed by atoms with Crippen molar-refractivity contribution in [3.05, 3.63) is 28.8 Å². The van der Waals surface area contributed by atoms with E-state index in [0.29, 0.717) is 12.1 Å². The van der Waals surface area contributed by atoms with Crippen molar-refractivity contribution in [3.8, 4) is 5.75 Å². The van der Waals surface area contributed by atoms with Gasteiger partial charge in [0.25, 0.3) is 0 Å². The second kappa shape index (κ2) is 5.91. The molecule has 0 aliphatic heterocycles. The Hall–Kier alpha value is -1.97. The number of aryl methyl sites for hydroxylation is 2. The molecule has 10 heteroatoms. The Morgan fingerprint density at radius 3 is 1.91 bits per heavy atom. The predicted octanol–water partition coefficient (Wildman–Crippen LogP) is 3.05. The fraction of sp³-hybridized carbons (Fsp3) is 0.462. The average Bonchev–Trinajstić information content (AvgIpc) is 2.35. The number of benzene rings is 1. The number of rotatable bonds is 5. The first-order valence-electron chi connectivity index (χ1n) is 6.10. The quantitative estimate of drug-likeness (QED) is 0.636. The van der Waals surface area contributed by atoms with Gasteiger partial charge in [-0.05, 0) is 37.1 Å². The molecule has 0 aliphatic carbocycles. The number of carboxylic acids is 1. The van der Waals surface area contributed by atoms with Crippen LogP contribution >= 0.6 is 0 Å². The van der Waals surface area contributed by atoms with Crippen LogP contribution < -0.4 is 10.5 Å². The van der Waals surface area contributed by atoms with Crippen LogP contribution in [0.3, 0.4) is 0 Å². The minimum Gasteiger partial charge on any atom is -0.481 e. The lowest BCUT2D eigenvalue weighted by Crippen LogP contribution is -2.60. The molecule has 0 fully saturated rings. The predicted molar refractivity (Wildman–Crippen MR) is 67.0 cm³/mol. The van der Waals surface area contributed by atoms with Gasteiger partial charge < -0.3 is 9.84 Å². The molecule has 23 heavy (non-hydrogen) atoms. The number of ether oxygens (including phenoxy) is 1. The Morgan fingerprint density at radius 2 is 1.57 bits per heavy atom. The van der Waals surface area contributed by atoms with Gasteiger partial charge in [-0.2, -0.15) is 22.0 Å². The zero-order valence-corrected chi connectivity index (χ0v) is 12.0. The van der Waals surface area contributed by atoms with Gasteiger partial charge in [0.05, 0.1) is 0 Å². The van der Waals surface area contributed by atoms with E-state index in [2.05, 4.69) is 5.73 Å². The minimum absolute atomic E-state index is 0.0844. The summed E-state index contributed by atoms with van der Waals surface area (Å²) in [7, 11) is 0. The van der Waals surface area contributed by atoms with Gasteiger partial charge in [-0.3, -0.25) is 5.73 Å². The van der Waals surface area contributed by atoms with Gasteiger partial charge in [0.1, 0.15) is 5.75 Å². The van der Waals surface area contributed by atoms with Gasteiger partial charge in [0.15, 0.2) is 6.61 Å². The van der Waals surface area contributed by atoms with E-state index < -0.39 is 36.0 Å². The number of carbonyl (C=O) groups is 1. The summed E-state index contributed by atoms with van der Waals surface area (Å²) in [5.74, 6) is -11.7. The largest absolute Gasteiger partial charge is 0.481 e. The highest BCUT2D eigenvalue weighted by molar-refractivity contribution is 5.68. The van der Waals surface area contributed by atoms with E-state index in [1.165, 1.54) is 13.8 Å². The van der Waals surface area contributed by atoms with E-state index in [0.717, 1.165) is 0 Å². The Labute approximate surface area is 126 Å². The number of halogens is 6. The first kappa shape index (κ1) is 19.1. The molecule has 0 amide bonds. The zero-order valence-electron chi connectivity index (χ0n) is 12.0. The van der Waals surface area contributed by atoms with Crippen LogP contribution in [-0.4, -0.2) is 29.7 Å². The number of nitrogens with two attached hydrogens (primary N) is 1. The maximum atomic E-state index is 13.9. The molecule has 1 aromatic rings. The van der Waals surface area contributed by atoms with Crippen molar-refractivity contribution in [2.75, 3.05) is 6.61 Å². The number of alkyl halides is 6. The Bertz CT molecular complexity index is 589. The van der Waals surface area contributed by atoms with Crippen LogP contribution in [0, 0.1) is 13.8 Å². The van der Waals surface area contributed by atoms with E-state index >= 15 is 0 Å². The summed E-state index contributed by atoms with van der Waals surface area (Å²) in [6.07, 6.45) is -5.99. The van der Waals surface area contributed by atoms with Gasteiger partial charge >= 0.3 is 23.9 Å². The fourth-order valence-corrected chi connectivity index (χ4v) is 1.88. The van der Waals surface area contributed by atoms with E-state index in [1.54, 1.807) is 0 Å². The van der Waals surface area contributed by atoms with Gasteiger partial charge in [-0.15, -0.1) is 0 Å². The molecule has 0 heterocycles. The van der Waals surface area contributed by atoms with E-state index in [-0.39, 0.29) is 16.9 Å². The lowest BCUT2D eigenvalue weighted by atomic mass is 9.95. The van der Waals surface area contributed by atoms with E-state index in [9.17, 15) is 31.1 Å². The van der Waals surface area contributed by atoms with Crippen molar-refractivity contribution in [3.63, 3.8) is 0 Å². The van der Waals surface area contributed by atoms with Crippen molar-refractivity contribution in [1.82, 2.24) is 0 Å². The highest BCUT2D eigenvalue weighted by atomic mass is 19.4. The summed E-state index contributed by atoms with van der Waals surface area (Å²) >= 11 is 0. The maximum Gasteiger partial charge on any atom is 0.442 e. The van der Waals surface area contributed by atoms with Crippen LogP contribution in [0.15, 0.2) is 12.1 Å². The lowest BCUT2D eigenvalue weighted by Gasteiger charge is -2.32. The Balaban J connectivity index is 3.32. The molecular weight excluding hydrogens is 332 g/mol. The summed E-state index contributed by atoms with van der Waals surface area (Å²) in [6.45, 7) is 1.63. The molecule has 3 N–H and O–H groups in total. The van der Waals surface area contributed by atoms with Gasteiger partial charge in [0.2, 0.25) is 0 Å². The first-order chi connectivity index (χ1) is 10.2. The van der Waals surface area contributed by atoms with Gasteiger partial charge in [-0.25, -0.2) is 9.18 Å². The summed E-state index contributed by atoms with van der Waals surface area (Å²) in [5.41, 5.74) is 2.73. The van der Waals surface area contributed by atoms with Crippen molar-refractivity contribution in [2.24, 2.45) is 5.73 Å². The summed E-state index contributed by atoms with van der Waals surface area (Å²) in [4.78, 5) is 10.4. The van der Waals surface area contributed by atoms with E-state index in [1.807, 2.05) is 0 Å². The maximum absolute atomic E-state index is 13.9. The molecule has 0 aromatic heterocycles. The summed E-state index contributed by atoms with van der Waals surface area (Å²) in [5, 5.41) is 8.50. The summed E-state index contributed by atoms with van der Waals surface area (Å²) in [6, 6.07) is 1.13. The van der Waals surface area contributed by atoms with Crippen LogP contribution in [0.25, 0.3) is 0 Å². The minimum atomic E-state index is -5.99. The van der Waals surface area contributed by atoms with Crippen molar-refractivity contribution >= 4 is 5.97 Å². The average molecular weight is 345 g/mol. The molecule has 0 radical (unpaired) electrons. The lowest BCUT2D eigenvalue weighted by molar-refractivity contribution is -0.305. The molecule has 0 saturated carbocycles. The number of aliphatic carboxylic acids is 1. The van der Waals surface area contributed by atoms with Crippen LogP contribution in [0.1, 0.15) is 16.7 Å². The summed E-state index contributed by atoms with van der Waals surface area (Å²) < 4.78 is 83.4. The number of hydrogen-bond acceptors (Lipinski definition) is 3. The Kier molecular flexibility index (Phi) is 4.90. The molecule has 1 rings (SSSR count). The molecule has 0 spiro atoms. The topological polar surface area (TPSA) is 72.5 Å². The van der Waals surface area contributed by atoms with Gasteiger partial charge in [0, 0.05) is 5.56 Å². The van der Waals surface area contributed by atoms with Crippen molar-refractivity contribution in [1.29, 1.82) is 0 Å². The monoisotopic (exact) mass is 345 g/mol. The fourth-order valence-electron chi connectivity index (χ4n) is 1.88. The molecule has 130 valence electrons. The van der Waals surface area contributed by atoms with Crippen LogP contribution in [0.4, 0.5) is 26.3 Å². The molecule has 0 bridgehead atoms. The van der Waals surface area contributed by atoms with Crippen molar-refractivity contribution in [2.45, 2.75) is 31.7 Å². The van der Waals surface area contributed by atoms with Crippen LogP contribution in [0.5, 0.6) is 5.75 Å². The molecule has 1 aromatic carbocycles. The smallest absolute Gasteiger partial charge is 0.442 e. The van der Waals surface area contributed by atoms with E-state index in [4.69, 9.17) is 9.84 Å². The normalized spacial score (nSPS) is 15.2. The molecule has 0 saturated heterocycles. The standard InChI is InChI=1S/C13H13F6NO3/c1-6-3-8(4-7(2)10(6)23-5-9(21)22)11(14,15)12(16,20)13(17,18)19/h3-4H,5,20H2,1-2H3,(H,21,22). The molecule has 0 aliphatic rings. The molecule has 4 nitrogen and oxygen atoms in total. The highest BCUT2D eigenvalue weighted by Gasteiger charge is 2.69. The molecular formula is C13H13F6NO3. The SMILES string of the molecule is Cc1cc(C(F)(F)C(N)(F)C(F)(F)F)cc(C)c1OCC(=O)O. The number of carboxylic acid groups (broad SMARTS) is 1. The third-order valence-corrected chi connectivity index (χ3v) is 3.03. The number of hydrogen-bond donors (Lipinski definition) is 2. The van der Waals surface area contributed by atoms with Crippen molar-refractivity contribution < 1.29 is 41.0 Å². The second-order valence-electron chi connectivity index (χ2n) is 4.91. The highest BCUT2D eigenvalue weighted by Crippen LogP contribution is 2.48. The Morgan fingerprint density at radius 1 is 1.13 bits per heavy atom. The first-order valence-corrected chi connectivity index (χ1v) is 6.10.